The minimum Gasteiger partial charge on any atom is -0.493 e. The Labute approximate surface area is 112 Å². The van der Waals surface area contributed by atoms with Gasteiger partial charge in [0.25, 0.3) is 0 Å². The highest BCUT2D eigenvalue weighted by molar-refractivity contribution is 5.91. The molecule has 0 saturated heterocycles. The van der Waals surface area contributed by atoms with Gasteiger partial charge < -0.3 is 9.47 Å². The van der Waals surface area contributed by atoms with Gasteiger partial charge in [0.15, 0.2) is 11.5 Å². The van der Waals surface area contributed by atoms with Gasteiger partial charge in [-0.25, -0.2) is 4.79 Å². The molecule has 0 aromatic heterocycles. The zero-order valence-electron chi connectivity index (χ0n) is 10.6. The van der Waals surface area contributed by atoms with Crippen LogP contribution in [0.3, 0.4) is 0 Å². The third kappa shape index (κ3) is 3.01. The number of para-hydroxylation sites is 2. The van der Waals surface area contributed by atoms with Crippen molar-refractivity contribution in [2.75, 3.05) is 7.11 Å². The van der Waals surface area contributed by atoms with Crippen LogP contribution in [0.15, 0.2) is 55.1 Å². The van der Waals surface area contributed by atoms with Gasteiger partial charge in [0.1, 0.15) is 0 Å². The smallest absolute Gasteiger partial charge is 0.343 e. The van der Waals surface area contributed by atoms with Crippen molar-refractivity contribution in [3.05, 3.63) is 66.2 Å². The average molecular weight is 254 g/mol. The van der Waals surface area contributed by atoms with Gasteiger partial charge in [-0.3, -0.25) is 0 Å². The van der Waals surface area contributed by atoms with E-state index in [2.05, 4.69) is 6.58 Å². The number of carbonyl (C=O) groups is 1. The minimum absolute atomic E-state index is 0.405. The lowest BCUT2D eigenvalue weighted by Gasteiger charge is -2.08. The standard InChI is InChI=1S/C16H14O3/c1-3-12-8-10-13(11-9-12)16(17)19-15-7-5-4-6-14(15)18-2/h3-11H,1H2,2H3. The van der Waals surface area contributed by atoms with E-state index in [4.69, 9.17) is 9.47 Å². The molecular weight excluding hydrogens is 240 g/mol. The summed E-state index contributed by atoms with van der Waals surface area (Å²) in [5.74, 6) is 0.515. The predicted molar refractivity (Wildman–Crippen MR) is 74.5 cm³/mol. The number of esters is 1. The number of hydrogen-bond donors (Lipinski definition) is 0. The Bertz CT molecular complexity index is 585. The van der Waals surface area contributed by atoms with Crippen molar-refractivity contribution >= 4 is 12.0 Å². The van der Waals surface area contributed by atoms with Crippen LogP contribution in [0.2, 0.25) is 0 Å². The summed E-state index contributed by atoms with van der Waals surface area (Å²) in [5, 5.41) is 0. The van der Waals surface area contributed by atoms with Crippen molar-refractivity contribution in [2.24, 2.45) is 0 Å². The first-order valence-corrected chi connectivity index (χ1v) is 5.82. The molecule has 3 nitrogen and oxygen atoms in total. The molecule has 0 bridgehead atoms. The van der Waals surface area contributed by atoms with Gasteiger partial charge >= 0.3 is 5.97 Å². The molecule has 0 unspecified atom stereocenters. The first-order valence-electron chi connectivity index (χ1n) is 5.82. The van der Waals surface area contributed by atoms with E-state index in [0.29, 0.717) is 17.1 Å². The Balaban J connectivity index is 2.18. The van der Waals surface area contributed by atoms with Crippen LogP contribution in [0.4, 0.5) is 0 Å². The summed E-state index contributed by atoms with van der Waals surface area (Å²) in [6, 6.07) is 14.1. The largest absolute Gasteiger partial charge is 0.493 e. The van der Waals surface area contributed by atoms with E-state index in [1.54, 1.807) is 36.4 Å². The Morgan fingerprint density at radius 2 is 1.68 bits per heavy atom. The summed E-state index contributed by atoms with van der Waals surface area (Å²) >= 11 is 0. The molecule has 2 aromatic rings. The van der Waals surface area contributed by atoms with Gasteiger partial charge in [0.05, 0.1) is 12.7 Å². The molecule has 3 heteroatoms. The third-order valence-corrected chi connectivity index (χ3v) is 2.65. The molecule has 2 aromatic carbocycles. The second-order valence-electron chi connectivity index (χ2n) is 3.87. The van der Waals surface area contributed by atoms with Crippen LogP contribution in [0.25, 0.3) is 6.08 Å². The molecule has 0 saturated carbocycles. The molecule has 0 N–H and O–H groups in total. The molecule has 0 spiro atoms. The van der Waals surface area contributed by atoms with E-state index in [-0.39, 0.29) is 0 Å². The van der Waals surface area contributed by atoms with Crippen molar-refractivity contribution in [2.45, 2.75) is 0 Å². The van der Waals surface area contributed by atoms with E-state index in [1.807, 2.05) is 18.2 Å². The van der Waals surface area contributed by atoms with Crippen molar-refractivity contribution < 1.29 is 14.3 Å². The quantitative estimate of drug-likeness (QED) is 0.618. The topological polar surface area (TPSA) is 35.5 Å². The summed E-state index contributed by atoms with van der Waals surface area (Å²) in [6.07, 6.45) is 1.72. The first-order chi connectivity index (χ1) is 9.24. The summed E-state index contributed by atoms with van der Waals surface area (Å²) < 4.78 is 10.4. The third-order valence-electron chi connectivity index (χ3n) is 2.65. The van der Waals surface area contributed by atoms with Gasteiger partial charge in [0.2, 0.25) is 0 Å². The maximum atomic E-state index is 12.0. The van der Waals surface area contributed by atoms with E-state index < -0.39 is 5.97 Å². The van der Waals surface area contributed by atoms with Gasteiger partial charge in [-0.05, 0) is 29.8 Å². The van der Waals surface area contributed by atoms with E-state index in [1.165, 1.54) is 7.11 Å². The highest BCUT2D eigenvalue weighted by atomic mass is 16.6. The molecule has 0 radical (unpaired) electrons. The molecule has 96 valence electrons. The predicted octanol–water partition coefficient (Wildman–Crippen LogP) is 3.56. The van der Waals surface area contributed by atoms with Crippen LogP contribution in [0.5, 0.6) is 11.5 Å². The van der Waals surface area contributed by atoms with Crippen molar-refractivity contribution in [1.29, 1.82) is 0 Å². The minimum atomic E-state index is -0.417. The van der Waals surface area contributed by atoms with Crippen LogP contribution >= 0.6 is 0 Å². The van der Waals surface area contributed by atoms with Crippen LogP contribution in [-0.2, 0) is 0 Å². The van der Waals surface area contributed by atoms with Crippen molar-refractivity contribution in [1.82, 2.24) is 0 Å². The normalized spacial score (nSPS) is 9.74. The van der Waals surface area contributed by atoms with Gasteiger partial charge in [-0.2, -0.15) is 0 Å². The number of rotatable bonds is 4. The Morgan fingerprint density at radius 3 is 2.26 bits per heavy atom. The Morgan fingerprint density at radius 1 is 1.05 bits per heavy atom. The zero-order valence-corrected chi connectivity index (χ0v) is 10.6. The highest BCUT2D eigenvalue weighted by Gasteiger charge is 2.11. The maximum Gasteiger partial charge on any atom is 0.343 e. The molecule has 19 heavy (non-hydrogen) atoms. The number of ether oxygens (including phenoxy) is 2. The molecule has 0 fully saturated rings. The fourth-order valence-corrected chi connectivity index (χ4v) is 1.62. The highest BCUT2D eigenvalue weighted by Crippen LogP contribution is 2.26. The van der Waals surface area contributed by atoms with E-state index in [0.717, 1.165) is 5.56 Å². The first kappa shape index (κ1) is 12.9. The van der Waals surface area contributed by atoms with Crippen LogP contribution in [0, 0.1) is 0 Å². The van der Waals surface area contributed by atoms with Crippen molar-refractivity contribution in [3.63, 3.8) is 0 Å². The second kappa shape index (κ2) is 5.87. The van der Waals surface area contributed by atoms with Gasteiger partial charge in [0, 0.05) is 0 Å². The summed E-state index contributed by atoms with van der Waals surface area (Å²) in [4.78, 5) is 12.0. The molecule has 0 aliphatic rings. The van der Waals surface area contributed by atoms with Crippen molar-refractivity contribution in [3.8, 4) is 11.5 Å². The number of hydrogen-bond acceptors (Lipinski definition) is 3. The lowest BCUT2D eigenvalue weighted by molar-refractivity contribution is 0.0730. The average Bonchev–Trinajstić information content (AvgIpc) is 2.48. The summed E-state index contributed by atoms with van der Waals surface area (Å²) in [6.45, 7) is 3.66. The molecule has 0 atom stereocenters. The molecular formula is C16H14O3. The van der Waals surface area contributed by atoms with Crippen LogP contribution in [0.1, 0.15) is 15.9 Å². The second-order valence-corrected chi connectivity index (χ2v) is 3.87. The Kier molecular flexibility index (Phi) is 3.98. The molecule has 0 aliphatic carbocycles. The van der Waals surface area contributed by atoms with E-state index in [9.17, 15) is 4.79 Å². The molecule has 0 amide bonds. The zero-order chi connectivity index (χ0) is 13.7. The lowest BCUT2D eigenvalue weighted by atomic mass is 10.1. The summed E-state index contributed by atoms with van der Waals surface area (Å²) in [5.41, 5.74) is 1.44. The number of benzene rings is 2. The van der Waals surface area contributed by atoms with Crippen LogP contribution < -0.4 is 9.47 Å². The molecule has 2 rings (SSSR count). The molecule has 0 heterocycles. The SMILES string of the molecule is C=Cc1ccc(C(=O)Oc2ccccc2OC)cc1. The maximum absolute atomic E-state index is 12.0. The van der Waals surface area contributed by atoms with E-state index >= 15 is 0 Å². The lowest BCUT2D eigenvalue weighted by Crippen LogP contribution is -2.09. The van der Waals surface area contributed by atoms with Gasteiger partial charge in [-0.1, -0.05) is 36.9 Å². The number of methoxy groups -OCH3 is 1. The fraction of sp³-hybridized carbons (Fsp3) is 0.0625. The van der Waals surface area contributed by atoms with Gasteiger partial charge in [-0.15, -0.1) is 0 Å². The molecule has 0 aliphatic heterocycles. The van der Waals surface area contributed by atoms with Crippen LogP contribution in [-0.4, -0.2) is 13.1 Å². The number of carbonyl (C=O) groups excluding carboxylic acids is 1. The fourth-order valence-electron chi connectivity index (χ4n) is 1.62. The monoisotopic (exact) mass is 254 g/mol. The summed E-state index contributed by atoms with van der Waals surface area (Å²) in [7, 11) is 1.53. The Hall–Kier alpha value is -2.55.